The van der Waals surface area contributed by atoms with Crippen LogP contribution >= 0.6 is 0 Å². The number of amides is 1. The van der Waals surface area contributed by atoms with Gasteiger partial charge in [-0.15, -0.1) is 0 Å². The molecule has 0 aliphatic carbocycles. The first-order chi connectivity index (χ1) is 11.2. The minimum Gasteiger partial charge on any atom is -0.371 e. The van der Waals surface area contributed by atoms with Gasteiger partial charge in [-0.1, -0.05) is 0 Å². The van der Waals surface area contributed by atoms with Gasteiger partial charge in [0.1, 0.15) is 4.90 Å². The average molecular weight is 355 g/mol. The van der Waals surface area contributed by atoms with Crippen LogP contribution in [0.25, 0.3) is 0 Å². The molecule has 1 unspecified atom stereocenters. The Morgan fingerprint density at radius 3 is 2.75 bits per heavy atom. The number of nitrogens with one attached hydrogen (secondary N) is 1. The molecule has 1 saturated heterocycles. The molecule has 0 radical (unpaired) electrons. The Labute approximate surface area is 140 Å². The van der Waals surface area contributed by atoms with E-state index in [4.69, 9.17) is 0 Å². The van der Waals surface area contributed by atoms with Crippen molar-refractivity contribution in [2.75, 3.05) is 30.8 Å². The largest absolute Gasteiger partial charge is 0.371 e. The number of carbonyl (C=O) groups excluding carboxylic acids is 1. The fourth-order valence-corrected chi connectivity index (χ4v) is 3.76. The number of anilines is 1. The maximum absolute atomic E-state index is 11.9. The van der Waals surface area contributed by atoms with Gasteiger partial charge in [0.05, 0.1) is 4.92 Å². The van der Waals surface area contributed by atoms with Crippen LogP contribution in [0.5, 0.6) is 0 Å². The van der Waals surface area contributed by atoms with E-state index < -0.39 is 20.4 Å². The molecule has 2 rings (SSSR count). The zero-order valence-electron chi connectivity index (χ0n) is 13.7. The first-order valence-corrected chi connectivity index (χ1v) is 9.55. The van der Waals surface area contributed by atoms with Crippen LogP contribution in [0.2, 0.25) is 0 Å². The Morgan fingerprint density at radius 2 is 2.17 bits per heavy atom. The van der Waals surface area contributed by atoms with Gasteiger partial charge in [-0.2, -0.15) is 0 Å². The monoisotopic (exact) mass is 355 g/mol. The Kier molecular flexibility index (Phi) is 5.43. The average Bonchev–Trinajstić information content (AvgIpc) is 2.51. The normalized spacial score (nSPS) is 18.2. The van der Waals surface area contributed by atoms with Crippen molar-refractivity contribution in [3.8, 4) is 0 Å². The number of nitro benzene ring substituents is 1. The fourth-order valence-electron chi connectivity index (χ4n) is 2.90. The van der Waals surface area contributed by atoms with Crippen molar-refractivity contribution < 1.29 is 18.1 Å². The smallest absolute Gasteiger partial charge is 0.288 e. The van der Waals surface area contributed by atoms with Gasteiger partial charge >= 0.3 is 0 Å². The van der Waals surface area contributed by atoms with Crippen molar-refractivity contribution in [3.63, 3.8) is 0 Å². The molecule has 1 amide bonds. The van der Waals surface area contributed by atoms with Gasteiger partial charge < -0.3 is 10.2 Å². The zero-order chi connectivity index (χ0) is 17.9. The predicted molar refractivity (Wildman–Crippen MR) is 89.8 cm³/mol. The summed E-state index contributed by atoms with van der Waals surface area (Å²) in [5.41, 5.74) is 0.238. The summed E-state index contributed by atoms with van der Waals surface area (Å²) in [5.74, 6) is 0.182. The van der Waals surface area contributed by atoms with E-state index in [0.717, 1.165) is 25.6 Å². The van der Waals surface area contributed by atoms with Gasteiger partial charge in [0.25, 0.3) is 5.69 Å². The van der Waals surface area contributed by atoms with E-state index in [1.54, 1.807) is 6.07 Å². The minimum absolute atomic E-state index is 0.0816. The molecule has 0 spiro atoms. The standard InChI is InChI=1S/C15H21N3O5S/c1-11(19)16-9-12-4-3-7-17(10-12)13-5-6-14(18(20)21)15(8-13)24(2,22)23/h5-6,8,12H,3-4,7,9-10H2,1-2H3,(H,16,19). The molecule has 9 heteroatoms. The Balaban J connectivity index is 2.25. The molecule has 1 N–H and O–H groups in total. The lowest BCUT2D eigenvalue weighted by atomic mass is 9.97. The number of hydrogen-bond donors (Lipinski definition) is 1. The van der Waals surface area contributed by atoms with Gasteiger partial charge in [-0.3, -0.25) is 14.9 Å². The molecule has 0 bridgehead atoms. The van der Waals surface area contributed by atoms with E-state index in [1.165, 1.54) is 19.1 Å². The van der Waals surface area contributed by atoms with Crippen LogP contribution in [-0.4, -0.2) is 45.1 Å². The number of carbonyl (C=O) groups is 1. The minimum atomic E-state index is -3.70. The van der Waals surface area contributed by atoms with Gasteiger partial charge in [0.15, 0.2) is 9.84 Å². The number of sulfone groups is 1. The van der Waals surface area contributed by atoms with Crippen molar-refractivity contribution in [3.05, 3.63) is 28.3 Å². The second-order valence-corrected chi connectivity index (χ2v) is 8.06. The lowest BCUT2D eigenvalue weighted by Gasteiger charge is -2.34. The number of nitro groups is 1. The second-order valence-electron chi connectivity index (χ2n) is 6.07. The molecule has 1 fully saturated rings. The van der Waals surface area contributed by atoms with Crippen molar-refractivity contribution >= 4 is 27.1 Å². The SMILES string of the molecule is CC(=O)NCC1CCCN(c2ccc([N+](=O)[O-])c(S(C)(=O)=O)c2)C1. The number of piperidine rings is 1. The van der Waals surface area contributed by atoms with E-state index in [0.29, 0.717) is 18.8 Å². The summed E-state index contributed by atoms with van der Waals surface area (Å²) in [7, 11) is -3.70. The highest BCUT2D eigenvalue weighted by Crippen LogP contribution is 2.31. The molecule has 132 valence electrons. The zero-order valence-corrected chi connectivity index (χ0v) is 14.5. The predicted octanol–water partition coefficient (Wildman–Crippen LogP) is 1.35. The van der Waals surface area contributed by atoms with Gasteiger partial charge in [0.2, 0.25) is 5.91 Å². The molecule has 1 aromatic rings. The van der Waals surface area contributed by atoms with E-state index >= 15 is 0 Å². The van der Waals surface area contributed by atoms with Crippen LogP contribution in [0.4, 0.5) is 11.4 Å². The third kappa shape index (κ3) is 4.44. The second kappa shape index (κ2) is 7.16. The topological polar surface area (TPSA) is 110 Å². The van der Waals surface area contributed by atoms with Gasteiger partial charge in [-0.25, -0.2) is 8.42 Å². The summed E-state index contributed by atoms with van der Waals surface area (Å²) in [6.45, 7) is 3.45. The molecule has 1 aliphatic rings. The molecule has 24 heavy (non-hydrogen) atoms. The Bertz CT molecular complexity index is 747. The van der Waals surface area contributed by atoms with Crippen LogP contribution < -0.4 is 10.2 Å². The third-order valence-electron chi connectivity index (χ3n) is 4.06. The summed E-state index contributed by atoms with van der Waals surface area (Å²) in [6.07, 6.45) is 2.85. The van der Waals surface area contributed by atoms with Crippen molar-refractivity contribution in [2.45, 2.75) is 24.7 Å². The summed E-state index contributed by atoms with van der Waals surface area (Å²) >= 11 is 0. The fraction of sp³-hybridized carbons (Fsp3) is 0.533. The van der Waals surface area contributed by atoms with Crippen LogP contribution in [0.3, 0.4) is 0 Å². The van der Waals surface area contributed by atoms with E-state index in [1.807, 2.05) is 4.90 Å². The van der Waals surface area contributed by atoms with E-state index in [9.17, 15) is 23.3 Å². The van der Waals surface area contributed by atoms with Gasteiger partial charge in [0, 0.05) is 44.6 Å². The lowest BCUT2D eigenvalue weighted by Crippen LogP contribution is -2.40. The number of benzene rings is 1. The molecular formula is C15H21N3O5S. The maximum Gasteiger partial charge on any atom is 0.288 e. The van der Waals surface area contributed by atoms with Crippen LogP contribution in [0, 0.1) is 16.0 Å². The quantitative estimate of drug-likeness (QED) is 0.631. The Hall–Kier alpha value is -2.16. The number of rotatable bonds is 5. The van der Waals surface area contributed by atoms with Crippen LogP contribution in [0.1, 0.15) is 19.8 Å². The highest BCUT2D eigenvalue weighted by molar-refractivity contribution is 7.90. The van der Waals surface area contributed by atoms with Crippen LogP contribution in [0.15, 0.2) is 23.1 Å². The molecule has 1 aliphatic heterocycles. The van der Waals surface area contributed by atoms with Crippen molar-refractivity contribution in [1.29, 1.82) is 0 Å². The lowest BCUT2D eigenvalue weighted by molar-refractivity contribution is -0.387. The number of nitrogens with zero attached hydrogens (tertiary/aromatic N) is 2. The Morgan fingerprint density at radius 1 is 1.46 bits per heavy atom. The first kappa shape index (κ1) is 18.2. The van der Waals surface area contributed by atoms with E-state index in [-0.39, 0.29) is 16.7 Å². The summed E-state index contributed by atoms with van der Waals surface area (Å²) < 4.78 is 23.7. The molecule has 1 heterocycles. The molecule has 0 aromatic heterocycles. The molecule has 1 aromatic carbocycles. The molecular weight excluding hydrogens is 334 g/mol. The highest BCUT2D eigenvalue weighted by Gasteiger charge is 2.26. The van der Waals surface area contributed by atoms with Crippen molar-refractivity contribution in [2.24, 2.45) is 5.92 Å². The molecule has 0 saturated carbocycles. The molecule has 1 atom stereocenters. The third-order valence-corrected chi connectivity index (χ3v) is 5.19. The van der Waals surface area contributed by atoms with Gasteiger partial charge in [-0.05, 0) is 30.9 Å². The summed E-state index contributed by atoms with van der Waals surface area (Å²) in [6, 6.07) is 4.19. The summed E-state index contributed by atoms with van der Waals surface area (Å²) in [5, 5.41) is 13.8. The maximum atomic E-state index is 11.9. The van der Waals surface area contributed by atoms with Crippen molar-refractivity contribution in [1.82, 2.24) is 5.32 Å². The highest BCUT2D eigenvalue weighted by atomic mass is 32.2. The molecule has 8 nitrogen and oxygen atoms in total. The first-order valence-electron chi connectivity index (χ1n) is 7.66. The summed E-state index contributed by atoms with van der Waals surface area (Å²) in [4.78, 5) is 23.1. The van der Waals surface area contributed by atoms with Crippen LogP contribution in [-0.2, 0) is 14.6 Å². The number of hydrogen-bond acceptors (Lipinski definition) is 6. The van der Waals surface area contributed by atoms with E-state index in [2.05, 4.69) is 5.32 Å².